The van der Waals surface area contributed by atoms with Crippen molar-refractivity contribution in [3.8, 4) is 0 Å². The largest absolute Gasteiger partial charge is 0.268 e. The highest BCUT2D eigenvalue weighted by molar-refractivity contribution is 7.11. The number of aryl methyl sites for hydroxylation is 4. The average molecular weight is 275 g/mol. The van der Waals surface area contributed by atoms with Crippen molar-refractivity contribution in [2.45, 2.75) is 46.1 Å². The van der Waals surface area contributed by atoms with Crippen LogP contribution in [0.15, 0.2) is 10.9 Å². The molecule has 0 saturated heterocycles. The van der Waals surface area contributed by atoms with Crippen LogP contribution in [0, 0.1) is 13.8 Å². The van der Waals surface area contributed by atoms with E-state index < -0.39 is 0 Å². The highest BCUT2D eigenvalue weighted by Gasteiger charge is 2.14. The predicted octanol–water partition coefficient (Wildman–Crippen LogP) is 2.24. The topological polar surface area (TPSA) is 47.8 Å². The van der Waals surface area contributed by atoms with Gasteiger partial charge in [0.25, 0.3) is 5.56 Å². The van der Waals surface area contributed by atoms with Gasteiger partial charge >= 0.3 is 0 Å². The molecule has 0 aromatic carbocycles. The molecule has 5 heteroatoms. The third kappa shape index (κ3) is 2.47. The Morgan fingerprint density at radius 1 is 1.32 bits per heavy atom. The van der Waals surface area contributed by atoms with Crippen molar-refractivity contribution >= 4 is 11.3 Å². The molecule has 0 atom stereocenters. The van der Waals surface area contributed by atoms with Crippen molar-refractivity contribution in [1.29, 1.82) is 0 Å². The number of aromatic nitrogens is 3. The molecule has 100 valence electrons. The quantitative estimate of drug-likeness (QED) is 0.844. The van der Waals surface area contributed by atoms with Crippen LogP contribution in [-0.2, 0) is 19.4 Å². The van der Waals surface area contributed by atoms with Gasteiger partial charge < -0.3 is 0 Å². The average Bonchev–Trinajstić information content (AvgIpc) is 2.69. The summed E-state index contributed by atoms with van der Waals surface area (Å²) in [6, 6.07) is 1.76. The lowest BCUT2D eigenvalue weighted by molar-refractivity contribution is 0.573. The minimum absolute atomic E-state index is 0.00819. The van der Waals surface area contributed by atoms with E-state index in [0.717, 1.165) is 34.8 Å². The molecule has 0 unspecified atom stereocenters. The summed E-state index contributed by atoms with van der Waals surface area (Å²) in [6.45, 7) is 4.55. The molecule has 0 N–H and O–H groups in total. The van der Waals surface area contributed by atoms with Gasteiger partial charge in [-0.05, 0) is 45.1 Å². The third-order valence-electron chi connectivity index (χ3n) is 3.63. The van der Waals surface area contributed by atoms with Crippen LogP contribution in [-0.4, -0.2) is 14.8 Å². The monoisotopic (exact) mass is 275 g/mol. The first kappa shape index (κ1) is 12.5. The van der Waals surface area contributed by atoms with Gasteiger partial charge in [0.1, 0.15) is 5.01 Å². The molecule has 4 nitrogen and oxygen atoms in total. The zero-order valence-electron chi connectivity index (χ0n) is 11.3. The molecule has 1 aliphatic carbocycles. The van der Waals surface area contributed by atoms with Gasteiger partial charge in [-0.3, -0.25) is 4.79 Å². The summed E-state index contributed by atoms with van der Waals surface area (Å²) in [7, 11) is 0. The molecule has 0 amide bonds. The highest BCUT2D eigenvalue weighted by atomic mass is 32.1. The molecule has 0 radical (unpaired) electrons. The van der Waals surface area contributed by atoms with Gasteiger partial charge in [-0.2, -0.15) is 5.10 Å². The Morgan fingerprint density at radius 2 is 2.11 bits per heavy atom. The number of thiazole rings is 1. The first-order valence-corrected chi connectivity index (χ1v) is 7.48. The Morgan fingerprint density at radius 3 is 2.84 bits per heavy atom. The maximum atomic E-state index is 12.1. The van der Waals surface area contributed by atoms with Gasteiger partial charge in [-0.15, -0.1) is 11.3 Å². The van der Waals surface area contributed by atoms with E-state index in [1.807, 2.05) is 6.92 Å². The zero-order valence-corrected chi connectivity index (χ0v) is 12.1. The van der Waals surface area contributed by atoms with Gasteiger partial charge in [0.05, 0.1) is 17.9 Å². The van der Waals surface area contributed by atoms with Crippen molar-refractivity contribution in [2.24, 2.45) is 0 Å². The van der Waals surface area contributed by atoms with E-state index >= 15 is 0 Å². The molecule has 2 aromatic rings. The number of nitrogens with zero attached hydrogens (tertiary/aromatic N) is 3. The van der Waals surface area contributed by atoms with Crippen molar-refractivity contribution in [1.82, 2.24) is 14.8 Å². The fourth-order valence-electron chi connectivity index (χ4n) is 2.45. The maximum Gasteiger partial charge on any atom is 0.267 e. The van der Waals surface area contributed by atoms with Gasteiger partial charge in [-0.25, -0.2) is 9.67 Å². The van der Waals surface area contributed by atoms with Crippen LogP contribution in [0.25, 0.3) is 0 Å². The summed E-state index contributed by atoms with van der Waals surface area (Å²) in [5.41, 5.74) is 3.27. The number of fused-ring (bicyclic) bond motifs is 1. The minimum Gasteiger partial charge on any atom is -0.268 e. The van der Waals surface area contributed by atoms with Crippen molar-refractivity contribution in [3.63, 3.8) is 0 Å². The number of hydrogen-bond donors (Lipinski definition) is 0. The molecule has 0 fully saturated rings. The lowest BCUT2D eigenvalue weighted by Crippen LogP contribution is -2.26. The summed E-state index contributed by atoms with van der Waals surface area (Å²) in [5.74, 6) is 0. The van der Waals surface area contributed by atoms with Crippen molar-refractivity contribution in [2.75, 3.05) is 0 Å². The Bertz CT molecular complexity index is 652. The van der Waals surface area contributed by atoms with E-state index in [1.54, 1.807) is 22.1 Å². The predicted molar refractivity (Wildman–Crippen MR) is 75.8 cm³/mol. The summed E-state index contributed by atoms with van der Waals surface area (Å²) < 4.78 is 1.56. The molecule has 1 aliphatic rings. The molecule has 0 spiro atoms. The van der Waals surface area contributed by atoms with Crippen LogP contribution >= 0.6 is 11.3 Å². The number of hydrogen-bond acceptors (Lipinski definition) is 4. The van der Waals surface area contributed by atoms with E-state index in [1.165, 1.54) is 17.7 Å². The van der Waals surface area contributed by atoms with E-state index in [2.05, 4.69) is 17.0 Å². The summed E-state index contributed by atoms with van der Waals surface area (Å²) in [6.07, 6.45) is 4.33. The summed E-state index contributed by atoms with van der Waals surface area (Å²) in [5, 5.41) is 5.48. The molecule has 0 bridgehead atoms. The second-order valence-corrected chi connectivity index (χ2v) is 6.36. The van der Waals surface area contributed by atoms with Crippen molar-refractivity contribution < 1.29 is 0 Å². The maximum absolute atomic E-state index is 12.1. The molecule has 0 saturated carbocycles. The summed E-state index contributed by atoms with van der Waals surface area (Å²) >= 11 is 1.64. The third-order valence-corrected chi connectivity index (χ3v) is 4.69. The molecule has 19 heavy (non-hydrogen) atoms. The van der Waals surface area contributed by atoms with Crippen LogP contribution < -0.4 is 5.56 Å². The number of rotatable bonds is 2. The first-order valence-electron chi connectivity index (χ1n) is 6.66. The second kappa shape index (κ2) is 4.89. The van der Waals surface area contributed by atoms with E-state index in [4.69, 9.17) is 0 Å². The molecular formula is C14H17N3OS. The van der Waals surface area contributed by atoms with Crippen molar-refractivity contribution in [3.05, 3.63) is 43.3 Å². The van der Waals surface area contributed by atoms with Crippen LogP contribution in [0.3, 0.4) is 0 Å². The Hall–Kier alpha value is -1.49. The van der Waals surface area contributed by atoms with E-state index in [9.17, 15) is 4.79 Å². The van der Waals surface area contributed by atoms with Gasteiger partial charge in [-0.1, -0.05) is 0 Å². The van der Waals surface area contributed by atoms with Gasteiger partial charge in [0.2, 0.25) is 0 Å². The molecule has 3 rings (SSSR count). The Kier molecular flexibility index (Phi) is 3.22. The normalized spacial score (nSPS) is 14.4. The lowest BCUT2D eigenvalue weighted by atomic mass is 9.97. The fourth-order valence-corrected chi connectivity index (χ4v) is 3.37. The summed E-state index contributed by atoms with van der Waals surface area (Å²) in [4.78, 5) is 17.8. The zero-order chi connectivity index (χ0) is 13.4. The van der Waals surface area contributed by atoms with Gasteiger partial charge in [0.15, 0.2) is 0 Å². The highest BCUT2D eigenvalue weighted by Crippen LogP contribution is 2.19. The Labute approximate surface area is 116 Å². The van der Waals surface area contributed by atoms with E-state index in [-0.39, 0.29) is 5.56 Å². The van der Waals surface area contributed by atoms with Crippen LogP contribution in [0.4, 0.5) is 0 Å². The van der Waals surface area contributed by atoms with Crippen LogP contribution in [0.5, 0.6) is 0 Å². The Balaban J connectivity index is 1.94. The fraction of sp³-hybridized carbons (Fsp3) is 0.500. The lowest BCUT2D eigenvalue weighted by Gasteiger charge is -2.15. The van der Waals surface area contributed by atoms with Crippen LogP contribution in [0.2, 0.25) is 0 Å². The van der Waals surface area contributed by atoms with Crippen LogP contribution in [0.1, 0.15) is 39.7 Å². The molecule has 2 aromatic heterocycles. The van der Waals surface area contributed by atoms with E-state index in [0.29, 0.717) is 6.54 Å². The molecular weight excluding hydrogens is 258 g/mol. The molecule has 0 aliphatic heterocycles. The standard InChI is InChI=1S/C14H17N3OS/c1-9-10(2)19-13(15-9)8-17-14(18)7-11-5-3-4-6-12(11)16-17/h7H,3-6,8H2,1-2H3. The second-order valence-electron chi connectivity index (χ2n) is 5.07. The smallest absolute Gasteiger partial charge is 0.267 e. The first-order chi connectivity index (χ1) is 9.13. The molecule has 2 heterocycles. The SMILES string of the molecule is Cc1nc(Cn2nc3c(cc2=O)CCCC3)sc1C. The van der Waals surface area contributed by atoms with Gasteiger partial charge in [0, 0.05) is 10.9 Å². The minimum atomic E-state index is -0.00819.